The molecule has 0 bridgehead atoms. The maximum Gasteiger partial charge on any atom is 0.289 e. The second kappa shape index (κ2) is 7.53. The zero-order valence-corrected chi connectivity index (χ0v) is 14.7. The third kappa shape index (κ3) is 3.94. The average Bonchev–Trinajstić information content (AvgIpc) is 3.14. The summed E-state index contributed by atoms with van der Waals surface area (Å²) in [7, 11) is 0. The Bertz CT molecular complexity index is 955. The van der Waals surface area contributed by atoms with E-state index in [0.29, 0.717) is 24.0 Å². The van der Waals surface area contributed by atoms with Crippen molar-refractivity contribution >= 4 is 22.8 Å². The third-order valence-corrected chi connectivity index (χ3v) is 4.89. The zero-order chi connectivity index (χ0) is 18.6. The molecule has 0 spiro atoms. The predicted octanol–water partition coefficient (Wildman–Crippen LogP) is 1.22. The first-order chi connectivity index (χ1) is 13.2. The van der Waals surface area contributed by atoms with Gasteiger partial charge in [-0.3, -0.25) is 14.7 Å². The van der Waals surface area contributed by atoms with E-state index >= 15 is 0 Å². The van der Waals surface area contributed by atoms with Gasteiger partial charge in [0.25, 0.3) is 5.91 Å². The summed E-state index contributed by atoms with van der Waals surface area (Å²) in [5.41, 5.74) is 2.28. The number of hydrogen-bond acceptors (Lipinski definition) is 5. The Labute approximate surface area is 155 Å². The van der Waals surface area contributed by atoms with Crippen LogP contribution in [-0.2, 0) is 11.2 Å². The molecule has 138 valence electrons. The van der Waals surface area contributed by atoms with Gasteiger partial charge >= 0.3 is 0 Å². The molecule has 27 heavy (non-hydrogen) atoms. The van der Waals surface area contributed by atoms with E-state index < -0.39 is 0 Å². The van der Waals surface area contributed by atoms with Gasteiger partial charge in [0.1, 0.15) is 11.0 Å². The molecular weight excluding hydrogens is 344 g/mol. The first kappa shape index (κ1) is 17.1. The summed E-state index contributed by atoms with van der Waals surface area (Å²) in [4.78, 5) is 32.7. The van der Waals surface area contributed by atoms with Crippen molar-refractivity contribution in [2.45, 2.75) is 25.3 Å². The van der Waals surface area contributed by atoms with Crippen LogP contribution in [0, 0.1) is 5.92 Å². The first-order valence-electron chi connectivity index (χ1n) is 8.96. The summed E-state index contributed by atoms with van der Waals surface area (Å²) in [6.07, 6.45) is 5.37. The molecule has 8 heteroatoms. The average molecular weight is 364 g/mol. The summed E-state index contributed by atoms with van der Waals surface area (Å²) in [6, 6.07) is 9.75. The Morgan fingerprint density at radius 1 is 1.15 bits per heavy atom. The standard InChI is InChI=1S/C19H20N6O2/c26-17(8-12-4-2-1-3-5-12)23-14-7-6-13(14)9-21-19(27)18-20-10-16-15(24-18)11-22-25-16/h1-5,10-11,13-14H,6-9H2,(H,21,27)(H,22,25)(H,23,26)/t13-,14-/m1/s1. The molecule has 2 amide bonds. The molecule has 1 fully saturated rings. The van der Waals surface area contributed by atoms with Crippen LogP contribution in [0.2, 0.25) is 0 Å². The van der Waals surface area contributed by atoms with E-state index in [-0.39, 0.29) is 29.6 Å². The number of nitrogens with one attached hydrogen (secondary N) is 3. The SMILES string of the molecule is O=C(Cc1ccccc1)N[C@@H]1CC[C@@H]1CNC(=O)c1ncc2[nH]ncc2n1. The molecule has 2 aromatic heterocycles. The molecule has 0 saturated heterocycles. The Morgan fingerprint density at radius 2 is 2.00 bits per heavy atom. The highest BCUT2D eigenvalue weighted by Gasteiger charge is 2.32. The van der Waals surface area contributed by atoms with Crippen molar-refractivity contribution in [3.63, 3.8) is 0 Å². The van der Waals surface area contributed by atoms with E-state index in [1.165, 1.54) is 0 Å². The quantitative estimate of drug-likeness (QED) is 0.609. The van der Waals surface area contributed by atoms with Gasteiger partial charge in [-0.1, -0.05) is 30.3 Å². The fourth-order valence-electron chi connectivity index (χ4n) is 3.20. The molecule has 2 heterocycles. The number of aromatic amines is 1. The Kier molecular flexibility index (Phi) is 4.78. The normalized spacial score (nSPS) is 18.7. The summed E-state index contributed by atoms with van der Waals surface area (Å²) in [6.45, 7) is 0.488. The Balaban J connectivity index is 1.27. The van der Waals surface area contributed by atoms with E-state index in [1.807, 2.05) is 30.3 Å². The number of amides is 2. The van der Waals surface area contributed by atoms with Crippen molar-refractivity contribution in [1.82, 2.24) is 30.8 Å². The van der Waals surface area contributed by atoms with Gasteiger partial charge in [-0.05, 0) is 24.3 Å². The van der Waals surface area contributed by atoms with Crippen LogP contribution in [0.25, 0.3) is 11.0 Å². The lowest BCUT2D eigenvalue weighted by Crippen LogP contribution is -2.51. The molecule has 2 atom stereocenters. The van der Waals surface area contributed by atoms with Crippen molar-refractivity contribution in [3.05, 3.63) is 54.1 Å². The van der Waals surface area contributed by atoms with Crippen LogP contribution in [0.1, 0.15) is 29.0 Å². The van der Waals surface area contributed by atoms with E-state index in [4.69, 9.17) is 0 Å². The Hall–Kier alpha value is -3.29. The number of rotatable bonds is 6. The van der Waals surface area contributed by atoms with Gasteiger partial charge in [-0.2, -0.15) is 5.10 Å². The minimum Gasteiger partial charge on any atom is -0.353 e. The molecule has 0 radical (unpaired) electrons. The number of nitrogens with zero attached hydrogens (tertiary/aromatic N) is 3. The number of aromatic nitrogens is 4. The summed E-state index contributed by atoms with van der Waals surface area (Å²) in [5.74, 6) is 0.0366. The number of fused-ring (bicyclic) bond motifs is 1. The van der Waals surface area contributed by atoms with Crippen LogP contribution in [0.3, 0.4) is 0 Å². The molecule has 3 aromatic rings. The van der Waals surface area contributed by atoms with Crippen LogP contribution in [-0.4, -0.2) is 44.6 Å². The molecular formula is C19H20N6O2. The van der Waals surface area contributed by atoms with Gasteiger partial charge in [0.05, 0.1) is 18.8 Å². The summed E-state index contributed by atoms with van der Waals surface area (Å²) < 4.78 is 0. The maximum atomic E-state index is 12.3. The minimum absolute atomic E-state index is 0.0102. The molecule has 8 nitrogen and oxygen atoms in total. The summed E-state index contributed by atoms with van der Waals surface area (Å²) >= 11 is 0. The number of H-pyrrole nitrogens is 1. The molecule has 1 saturated carbocycles. The van der Waals surface area contributed by atoms with Crippen LogP contribution in [0.15, 0.2) is 42.7 Å². The lowest BCUT2D eigenvalue weighted by Gasteiger charge is -2.37. The van der Waals surface area contributed by atoms with Gasteiger partial charge in [-0.25, -0.2) is 9.97 Å². The number of carbonyl (C=O) groups excluding carboxylic acids is 2. The van der Waals surface area contributed by atoms with E-state index in [1.54, 1.807) is 12.4 Å². The van der Waals surface area contributed by atoms with Gasteiger partial charge in [0, 0.05) is 12.6 Å². The maximum absolute atomic E-state index is 12.3. The first-order valence-corrected chi connectivity index (χ1v) is 8.96. The highest BCUT2D eigenvalue weighted by Crippen LogP contribution is 2.26. The predicted molar refractivity (Wildman–Crippen MR) is 98.8 cm³/mol. The molecule has 1 aromatic carbocycles. The number of carbonyl (C=O) groups is 2. The minimum atomic E-state index is -0.320. The second-order valence-corrected chi connectivity index (χ2v) is 6.75. The highest BCUT2D eigenvalue weighted by atomic mass is 16.2. The van der Waals surface area contributed by atoms with Crippen molar-refractivity contribution in [3.8, 4) is 0 Å². The molecule has 3 N–H and O–H groups in total. The van der Waals surface area contributed by atoms with E-state index in [9.17, 15) is 9.59 Å². The fourth-order valence-corrected chi connectivity index (χ4v) is 3.20. The lowest BCUT2D eigenvalue weighted by molar-refractivity contribution is -0.122. The Morgan fingerprint density at radius 3 is 2.78 bits per heavy atom. The molecule has 4 rings (SSSR count). The van der Waals surface area contributed by atoms with E-state index in [0.717, 1.165) is 18.4 Å². The third-order valence-electron chi connectivity index (χ3n) is 4.89. The molecule has 1 aliphatic rings. The van der Waals surface area contributed by atoms with E-state index in [2.05, 4.69) is 30.8 Å². The molecule has 0 unspecified atom stereocenters. The number of hydrogen-bond donors (Lipinski definition) is 3. The molecule has 1 aliphatic carbocycles. The van der Waals surface area contributed by atoms with Crippen molar-refractivity contribution in [1.29, 1.82) is 0 Å². The van der Waals surface area contributed by atoms with Crippen LogP contribution in [0.5, 0.6) is 0 Å². The van der Waals surface area contributed by atoms with Crippen molar-refractivity contribution in [2.24, 2.45) is 5.92 Å². The van der Waals surface area contributed by atoms with Gasteiger partial charge in [-0.15, -0.1) is 0 Å². The zero-order valence-electron chi connectivity index (χ0n) is 14.7. The van der Waals surface area contributed by atoms with Crippen molar-refractivity contribution < 1.29 is 9.59 Å². The van der Waals surface area contributed by atoms with Gasteiger partial charge in [0.2, 0.25) is 11.7 Å². The largest absolute Gasteiger partial charge is 0.353 e. The summed E-state index contributed by atoms with van der Waals surface area (Å²) in [5, 5.41) is 12.5. The van der Waals surface area contributed by atoms with Gasteiger partial charge in [0.15, 0.2) is 0 Å². The van der Waals surface area contributed by atoms with Gasteiger partial charge < -0.3 is 10.6 Å². The highest BCUT2D eigenvalue weighted by molar-refractivity contribution is 5.92. The molecule has 0 aliphatic heterocycles. The van der Waals surface area contributed by atoms with Crippen molar-refractivity contribution in [2.75, 3.05) is 6.54 Å². The van der Waals surface area contributed by atoms with Crippen LogP contribution < -0.4 is 10.6 Å². The second-order valence-electron chi connectivity index (χ2n) is 6.75. The lowest BCUT2D eigenvalue weighted by atomic mass is 9.79. The topological polar surface area (TPSA) is 113 Å². The monoisotopic (exact) mass is 364 g/mol. The smallest absolute Gasteiger partial charge is 0.289 e. The fraction of sp³-hybridized carbons (Fsp3) is 0.316. The van der Waals surface area contributed by atoms with Crippen LogP contribution in [0.4, 0.5) is 0 Å². The van der Waals surface area contributed by atoms with Crippen LogP contribution >= 0.6 is 0 Å². The number of benzene rings is 1.